The van der Waals surface area contributed by atoms with Crippen molar-refractivity contribution in [3.8, 4) is 0 Å². The van der Waals surface area contributed by atoms with Crippen molar-refractivity contribution in [2.24, 2.45) is 5.73 Å². The molecule has 2 rings (SSSR count). The van der Waals surface area contributed by atoms with Gasteiger partial charge in [-0.25, -0.2) is 4.79 Å². The second-order valence-electron chi connectivity index (χ2n) is 4.08. The highest BCUT2D eigenvalue weighted by molar-refractivity contribution is 5.64. The van der Waals surface area contributed by atoms with Crippen molar-refractivity contribution in [3.05, 3.63) is 57.9 Å². The first-order chi connectivity index (χ1) is 9.54. The van der Waals surface area contributed by atoms with E-state index in [9.17, 15) is 14.9 Å². The Labute approximate surface area is 113 Å². The predicted octanol–water partition coefficient (Wildman–Crippen LogP) is 1.43. The van der Waals surface area contributed by atoms with E-state index in [-0.39, 0.29) is 12.3 Å². The number of amides is 1. The topological polar surface area (TPSA) is 113 Å². The number of nitrogens with zero attached hydrogens (tertiary/aromatic N) is 3. The highest BCUT2D eigenvalue weighted by Gasteiger charge is 2.08. The average Bonchev–Trinajstić information content (AvgIpc) is 2.86. The van der Waals surface area contributed by atoms with Gasteiger partial charge >= 0.3 is 11.8 Å². The molecule has 8 heteroatoms. The molecule has 0 saturated heterocycles. The summed E-state index contributed by atoms with van der Waals surface area (Å²) in [6.07, 6.45) is 1.75. The number of primary amides is 1. The molecule has 0 atom stereocenters. The third-order valence-corrected chi connectivity index (χ3v) is 2.58. The van der Waals surface area contributed by atoms with E-state index in [2.05, 4.69) is 9.84 Å². The average molecular weight is 276 g/mol. The van der Waals surface area contributed by atoms with Crippen LogP contribution >= 0.6 is 0 Å². The van der Waals surface area contributed by atoms with Gasteiger partial charge in [0.2, 0.25) is 0 Å². The molecule has 0 saturated carbocycles. The van der Waals surface area contributed by atoms with Gasteiger partial charge in [-0.3, -0.25) is 14.8 Å². The summed E-state index contributed by atoms with van der Waals surface area (Å²) in [4.78, 5) is 20.5. The Bertz CT molecular complexity index is 621. The molecule has 1 amide bonds. The summed E-state index contributed by atoms with van der Waals surface area (Å²) in [5.74, 6) is 0. The van der Waals surface area contributed by atoms with Gasteiger partial charge in [-0.2, -0.15) is 5.10 Å². The third-order valence-electron chi connectivity index (χ3n) is 2.58. The van der Waals surface area contributed by atoms with Crippen LogP contribution in [-0.4, -0.2) is 20.8 Å². The van der Waals surface area contributed by atoms with E-state index in [1.54, 1.807) is 12.1 Å². The maximum atomic E-state index is 10.5. The van der Waals surface area contributed by atoms with Crippen LogP contribution in [0.2, 0.25) is 0 Å². The molecule has 0 fully saturated rings. The number of aromatic nitrogens is 2. The lowest BCUT2D eigenvalue weighted by atomic mass is 10.1. The van der Waals surface area contributed by atoms with Crippen molar-refractivity contribution < 1.29 is 14.5 Å². The van der Waals surface area contributed by atoms with Crippen LogP contribution in [0.15, 0.2) is 36.7 Å². The van der Waals surface area contributed by atoms with E-state index in [4.69, 9.17) is 5.73 Å². The van der Waals surface area contributed by atoms with Crippen LogP contribution in [0, 0.1) is 10.1 Å². The molecule has 0 aliphatic heterocycles. The minimum Gasteiger partial charge on any atom is -0.445 e. The van der Waals surface area contributed by atoms with Crippen LogP contribution in [0.25, 0.3) is 0 Å². The number of carbonyl (C=O) groups excluding carboxylic acids is 1. The summed E-state index contributed by atoms with van der Waals surface area (Å²) in [5.41, 5.74) is 6.55. The number of hydrogen-bond acceptors (Lipinski definition) is 5. The zero-order chi connectivity index (χ0) is 14.5. The lowest BCUT2D eigenvalue weighted by molar-refractivity contribution is -0.385. The highest BCUT2D eigenvalue weighted by Crippen LogP contribution is 2.11. The van der Waals surface area contributed by atoms with E-state index in [0.717, 1.165) is 11.1 Å². The summed E-state index contributed by atoms with van der Waals surface area (Å²) >= 11 is 0. The zero-order valence-corrected chi connectivity index (χ0v) is 10.4. The Balaban J connectivity index is 1.99. The van der Waals surface area contributed by atoms with Crippen molar-refractivity contribution in [2.45, 2.75) is 13.2 Å². The fourth-order valence-corrected chi connectivity index (χ4v) is 1.62. The summed E-state index contributed by atoms with van der Waals surface area (Å²) < 4.78 is 6.14. The summed E-state index contributed by atoms with van der Waals surface area (Å²) in [6.45, 7) is 0.535. The molecule has 1 heterocycles. The van der Waals surface area contributed by atoms with E-state index in [1.807, 2.05) is 12.1 Å². The van der Waals surface area contributed by atoms with Gasteiger partial charge in [0.1, 0.15) is 19.0 Å². The largest absolute Gasteiger partial charge is 0.445 e. The van der Waals surface area contributed by atoms with Crippen LogP contribution in [0.5, 0.6) is 0 Å². The highest BCUT2D eigenvalue weighted by atomic mass is 16.6. The first-order valence-corrected chi connectivity index (χ1v) is 5.71. The van der Waals surface area contributed by atoms with Crippen LogP contribution in [0.1, 0.15) is 11.1 Å². The molecule has 0 aliphatic rings. The Morgan fingerprint density at radius 3 is 2.55 bits per heavy atom. The Morgan fingerprint density at radius 2 is 2.00 bits per heavy atom. The van der Waals surface area contributed by atoms with E-state index in [0.29, 0.717) is 6.54 Å². The molecule has 0 spiro atoms. The molecule has 0 aliphatic carbocycles. The molecule has 0 radical (unpaired) electrons. The van der Waals surface area contributed by atoms with Crippen molar-refractivity contribution in [3.63, 3.8) is 0 Å². The van der Waals surface area contributed by atoms with Crippen LogP contribution in [0.4, 0.5) is 10.5 Å². The Hall–Kier alpha value is -2.90. The lowest BCUT2D eigenvalue weighted by Crippen LogP contribution is -2.12. The predicted molar refractivity (Wildman–Crippen MR) is 68.8 cm³/mol. The first-order valence-electron chi connectivity index (χ1n) is 5.71. The number of benzene rings is 1. The van der Waals surface area contributed by atoms with Crippen molar-refractivity contribution in [2.75, 3.05) is 0 Å². The van der Waals surface area contributed by atoms with Gasteiger partial charge in [0.15, 0.2) is 0 Å². The quantitative estimate of drug-likeness (QED) is 0.655. The van der Waals surface area contributed by atoms with Crippen molar-refractivity contribution in [1.82, 2.24) is 9.78 Å². The Kier molecular flexibility index (Phi) is 3.94. The maximum Gasteiger partial charge on any atom is 0.404 e. The maximum absolute atomic E-state index is 10.5. The van der Waals surface area contributed by atoms with Crippen molar-refractivity contribution in [1.29, 1.82) is 0 Å². The number of ether oxygens (including phenoxy) is 1. The lowest BCUT2D eigenvalue weighted by Gasteiger charge is -2.04. The first kappa shape index (κ1) is 13.5. The fraction of sp³-hybridized carbons (Fsp3) is 0.167. The number of carbonyl (C=O) groups is 1. The van der Waals surface area contributed by atoms with Gasteiger partial charge in [0.25, 0.3) is 0 Å². The molecule has 20 heavy (non-hydrogen) atoms. The molecule has 1 aromatic heterocycles. The Morgan fingerprint density at radius 1 is 1.35 bits per heavy atom. The van der Waals surface area contributed by atoms with Crippen LogP contribution in [-0.2, 0) is 17.9 Å². The molecule has 8 nitrogen and oxygen atoms in total. The van der Waals surface area contributed by atoms with Gasteiger partial charge in [-0.1, -0.05) is 24.3 Å². The molecule has 0 bridgehead atoms. The smallest absolute Gasteiger partial charge is 0.404 e. The summed E-state index contributed by atoms with van der Waals surface area (Å²) in [7, 11) is 0. The molecule has 1 aromatic carbocycles. The number of nitro groups is 1. The molecular weight excluding hydrogens is 264 g/mol. The second kappa shape index (κ2) is 5.83. The molecule has 104 valence electrons. The summed E-state index contributed by atoms with van der Waals surface area (Å²) in [5, 5.41) is 14.4. The van der Waals surface area contributed by atoms with E-state index >= 15 is 0 Å². The SMILES string of the molecule is NC(=O)OCc1ccc(Cn2cc([N+](=O)[O-])cn2)cc1. The normalized spacial score (nSPS) is 10.2. The molecule has 2 N–H and O–H groups in total. The molecular formula is C12H12N4O4. The number of hydrogen-bond donors (Lipinski definition) is 1. The van der Waals surface area contributed by atoms with Crippen LogP contribution in [0.3, 0.4) is 0 Å². The molecule has 0 unspecified atom stereocenters. The van der Waals surface area contributed by atoms with Gasteiger partial charge in [-0.15, -0.1) is 0 Å². The van der Waals surface area contributed by atoms with E-state index < -0.39 is 11.0 Å². The van der Waals surface area contributed by atoms with Crippen molar-refractivity contribution >= 4 is 11.8 Å². The van der Waals surface area contributed by atoms with E-state index in [1.165, 1.54) is 17.1 Å². The fourth-order valence-electron chi connectivity index (χ4n) is 1.62. The third kappa shape index (κ3) is 3.55. The van der Waals surface area contributed by atoms with Gasteiger partial charge in [0.05, 0.1) is 11.5 Å². The molecule has 2 aromatic rings. The second-order valence-corrected chi connectivity index (χ2v) is 4.08. The zero-order valence-electron chi connectivity index (χ0n) is 10.4. The summed E-state index contributed by atoms with van der Waals surface area (Å²) in [6, 6.07) is 7.23. The minimum absolute atomic E-state index is 0.0449. The van der Waals surface area contributed by atoms with Gasteiger partial charge < -0.3 is 10.5 Å². The minimum atomic E-state index is -0.821. The van der Waals surface area contributed by atoms with Crippen LogP contribution < -0.4 is 5.73 Å². The van der Waals surface area contributed by atoms with Gasteiger partial charge in [0, 0.05) is 0 Å². The number of rotatable bonds is 5. The standard InChI is InChI=1S/C12H12N4O4/c13-12(17)20-8-10-3-1-9(2-4-10)6-15-7-11(5-14-15)16(18)19/h1-5,7H,6,8H2,(H2,13,17). The number of nitrogens with two attached hydrogens (primary N) is 1. The monoisotopic (exact) mass is 276 g/mol. The van der Waals surface area contributed by atoms with Gasteiger partial charge in [-0.05, 0) is 11.1 Å².